The van der Waals surface area contributed by atoms with Gasteiger partial charge in [-0.15, -0.1) is 10.2 Å². The van der Waals surface area contributed by atoms with Gasteiger partial charge in [-0.3, -0.25) is 10.1 Å². The first-order valence-electron chi connectivity index (χ1n) is 6.99. The van der Waals surface area contributed by atoms with Crippen molar-refractivity contribution in [2.45, 2.75) is 30.0 Å². The molecule has 1 aliphatic rings. The first kappa shape index (κ1) is 17.8. The summed E-state index contributed by atoms with van der Waals surface area (Å²) in [6, 6.07) is 5.10. The van der Waals surface area contributed by atoms with Crippen LogP contribution in [0.5, 0.6) is 0 Å². The summed E-state index contributed by atoms with van der Waals surface area (Å²) in [5.41, 5.74) is -0.0255. The van der Waals surface area contributed by atoms with Crippen LogP contribution in [0.1, 0.15) is 28.2 Å². The lowest BCUT2D eigenvalue weighted by molar-refractivity contribution is -0.138. The van der Waals surface area contributed by atoms with Gasteiger partial charge < -0.3 is 0 Å². The van der Waals surface area contributed by atoms with Gasteiger partial charge in [0.15, 0.2) is 0 Å². The minimum atomic E-state index is -4.65. The Bertz CT molecular complexity index is 907. The second-order valence-corrected chi connectivity index (χ2v) is 7.98. The number of amides is 1. The molecule has 1 amide bonds. The maximum Gasteiger partial charge on any atom is 0.445 e. The second-order valence-electron chi connectivity index (χ2n) is 5.29. The normalized spacial score (nSPS) is 15.2. The molecule has 1 fully saturated rings. The molecule has 12 heteroatoms. The van der Waals surface area contributed by atoms with Crippen LogP contribution in [-0.4, -0.2) is 30.6 Å². The number of rotatable bonds is 5. The molecule has 2 N–H and O–H groups in total. The molecule has 134 valence electrons. The lowest BCUT2D eigenvalue weighted by atomic mass is 10.2. The SMILES string of the molecule is O=C(Nc1nnc(C(F)(F)F)s1)c1cccc(S(=O)(=O)NC2CC2)c1. The molecular weight excluding hydrogens is 381 g/mol. The highest BCUT2D eigenvalue weighted by molar-refractivity contribution is 7.89. The van der Waals surface area contributed by atoms with E-state index in [0.717, 1.165) is 18.9 Å². The number of anilines is 1. The molecule has 1 aromatic heterocycles. The van der Waals surface area contributed by atoms with Gasteiger partial charge in [-0.25, -0.2) is 13.1 Å². The number of hydrogen-bond donors (Lipinski definition) is 2. The summed E-state index contributed by atoms with van der Waals surface area (Å²) < 4.78 is 64.2. The molecule has 1 aliphatic carbocycles. The Morgan fingerprint density at radius 3 is 2.56 bits per heavy atom. The maximum absolute atomic E-state index is 12.5. The highest BCUT2D eigenvalue weighted by Crippen LogP contribution is 2.33. The van der Waals surface area contributed by atoms with Crippen molar-refractivity contribution in [2.24, 2.45) is 0 Å². The van der Waals surface area contributed by atoms with E-state index in [9.17, 15) is 26.4 Å². The number of nitrogens with zero attached hydrogens (tertiary/aromatic N) is 2. The van der Waals surface area contributed by atoms with E-state index in [1.807, 2.05) is 0 Å². The predicted octanol–water partition coefficient (Wildman–Crippen LogP) is 2.25. The molecule has 2 aromatic rings. The Balaban J connectivity index is 1.76. The van der Waals surface area contributed by atoms with E-state index >= 15 is 0 Å². The Kier molecular flexibility index (Phi) is 4.51. The number of benzene rings is 1. The van der Waals surface area contributed by atoms with E-state index in [1.165, 1.54) is 18.2 Å². The van der Waals surface area contributed by atoms with E-state index in [-0.39, 0.29) is 33.0 Å². The summed E-state index contributed by atoms with van der Waals surface area (Å²) in [5, 5.41) is 6.86. The number of nitrogens with one attached hydrogen (secondary N) is 2. The lowest BCUT2D eigenvalue weighted by Gasteiger charge is -2.07. The van der Waals surface area contributed by atoms with Crippen molar-refractivity contribution in [3.8, 4) is 0 Å². The second kappa shape index (κ2) is 6.35. The number of carbonyl (C=O) groups is 1. The van der Waals surface area contributed by atoms with Crippen molar-refractivity contribution in [3.05, 3.63) is 34.8 Å². The van der Waals surface area contributed by atoms with Crippen molar-refractivity contribution in [1.82, 2.24) is 14.9 Å². The van der Waals surface area contributed by atoms with Crippen LogP contribution in [0.15, 0.2) is 29.2 Å². The number of sulfonamides is 1. The highest BCUT2D eigenvalue weighted by atomic mass is 32.2. The van der Waals surface area contributed by atoms with Crippen LogP contribution in [0.2, 0.25) is 0 Å². The molecule has 25 heavy (non-hydrogen) atoms. The van der Waals surface area contributed by atoms with Gasteiger partial charge in [0.1, 0.15) is 0 Å². The number of alkyl halides is 3. The summed E-state index contributed by atoms with van der Waals surface area (Å²) >= 11 is 0.179. The fourth-order valence-corrected chi connectivity index (χ4v) is 3.81. The van der Waals surface area contributed by atoms with Crippen molar-refractivity contribution >= 4 is 32.4 Å². The number of halogens is 3. The molecule has 3 rings (SSSR count). The average Bonchev–Trinajstić information content (AvgIpc) is 3.19. The van der Waals surface area contributed by atoms with Gasteiger partial charge in [0.2, 0.25) is 20.2 Å². The zero-order valence-corrected chi connectivity index (χ0v) is 14.0. The van der Waals surface area contributed by atoms with E-state index in [2.05, 4.69) is 20.2 Å². The van der Waals surface area contributed by atoms with Gasteiger partial charge in [0, 0.05) is 11.6 Å². The molecule has 0 spiro atoms. The molecule has 7 nitrogen and oxygen atoms in total. The molecule has 1 heterocycles. The summed E-state index contributed by atoms with van der Waals surface area (Å²) in [5.74, 6) is -0.784. The highest BCUT2D eigenvalue weighted by Gasteiger charge is 2.36. The van der Waals surface area contributed by atoms with Gasteiger partial charge >= 0.3 is 6.18 Å². The van der Waals surface area contributed by atoms with Gasteiger partial charge in [0.25, 0.3) is 5.91 Å². The summed E-state index contributed by atoms with van der Waals surface area (Å²) in [7, 11) is -3.75. The number of carbonyl (C=O) groups excluding carboxylic acids is 1. The predicted molar refractivity (Wildman–Crippen MR) is 82.6 cm³/mol. The van der Waals surface area contributed by atoms with Crippen LogP contribution in [0, 0.1) is 0 Å². The standard InChI is InChI=1S/C13H11F3N4O3S2/c14-13(15,16)11-18-19-12(24-11)17-10(21)7-2-1-3-9(6-7)25(22,23)20-8-4-5-8/h1-3,6,8,20H,4-5H2,(H,17,19,21). The molecule has 1 aromatic carbocycles. The minimum Gasteiger partial charge on any atom is -0.296 e. The zero-order valence-electron chi connectivity index (χ0n) is 12.4. The third-order valence-electron chi connectivity index (χ3n) is 3.19. The van der Waals surface area contributed by atoms with Gasteiger partial charge in [-0.1, -0.05) is 17.4 Å². The fourth-order valence-electron chi connectivity index (χ4n) is 1.85. The van der Waals surface area contributed by atoms with Crippen LogP contribution in [-0.2, 0) is 16.2 Å². The zero-order chi connectivity index (χ0) is 18.2. The molecule has 0 atom stereocenters. The molecule has 0 radical (unpaired) electrons. The van der Waals surface area contributed by atoms with Crippen LogP contribution in [0.25, 0.3) is 0 Å². The lowest BCUT2D eigenvalue weighted by Crippen LogP contribution is -2.26. The van der Waals surface area contributed by atoms with Gasteiger partial charge in [-0.2, -0.15) is 13.2 Å². The van der Waals surface area contributed by atoms with Crippen LogP contribution < -0.4 is 10.0 Å². The summed E-state index contributed by atoms with van der Waals surface area (Å²) in [6.45, 7) is 0. The Labute approximate surface area is 144 Å². The van der Waals surface area contributed by atoms with Crippen molar-refractivity contribution < 1.29 is 26.4 Å². The van der Waals surface area contributed by atoms with Crippen LogP contribution in [0.4, 0.5) is 18.3 Å². The first-order chi connectivity index (χ1) is 11.6. The summed E-state index contributed by atoms with van der Waals surface area (Å²) in [6.07, 6.45) is -3.13. The summed E-state index contributed by atoms with van der Waals surface area (Å²) in [4.78, 5) is 12.0. The van der Waals surface area contributed by atoms with Crippen LogP contribution >= 0.6 is 11.3 Å². The largest absolute Gasteiger partial charge is 0.445 e. The number of hydrogen-bond acceptors (Lipinski definition) is 6. The van der Waals surface area contributed by atoms with Crippen molar-refractivity contribution in [2.75, 3.05) is 5.32 Å². The van der Waals surface area contributed by atoms with E-state index in [4.69, 9.17) is 0 Å². The average molecular weight is 392 g/mol. The third-order valence-corrected chi connectivity index (χ3v) is 5.60. The molecule has 0 saturated heterocycles. The molecule has 0 unspecified atom stereocenters. The molecule has 0 aliphatic heterocycles. The monoisotopic (exact) mass is 392 g/mol. The number of aromatic nitrogens is 2. The Morgan fingerprint density at radius 1 is 1.24 bits per heavy atom. The molecular formula is C13H11F3N4O3S2. The Hall–Kier alpha value is -2.05. The molecule has 0 bridgehead atoms. The fraction of sp³-hybridized carbons (Fsp3) is 0.308. The topological polar surface area (TPSA) is 101 Å². The first-order valence-corrected chi connectivity index (χ1v) is 9.29. The van der Waals surface area contributed by atoms with E-state index in [0.29, 0.717) is 0 Å². The van der Waals surface area contributed by atoms with Crippen LogP contribution in [0.3, 0.4) is 0 Å². The maximum atomic E-state index is 12.5. The van der Waals surface area contributed by atoms with Crippen molar-refractivity contribution in [3.63, 3.8) is 0 Å². The third kappa shape index (κ3) is 4.32. The quantitative estimate of drug-likeness (QED) is 0.813. The van der Waals surface area contributed by atoms with Gasteiger partial charge in [-0.05, 0) is 31.0 Å². The smallest absolute Gasteiger partial charge is 0.296 e. The Morgan fingerprint density at radius 2 is 1.96 bits per heavy atom. The van der Waals surface area contributed by atoms with E-state index < -0.39 is 27.1 Å². The van der Waals surface area contributed by atoms with E-state index in [1.54, 1.807) is 0 Å². The van der Waals surface area contributed by atoms with Crippen molar-refractivity contribution in [1.29, 1.82) is 0 Å². The molecule has 1 saturated carbocycles. The minimum absolute atomic E-state index is 0.0255. The van der Waals surface area contributed by atoms with Gasteiger partial charge in [0.05, 0.1) is 4.90 Å².